The topological polar surface area (TPSA) is 72.7 Å². The molecular formula is C18H23FN4O2. The molecule has 0 amide bonds. The average Bonchev–Trinajstić information content (AvgIpc) is 3.31. The minimum absolute atomic E-state index is 0.108. The fourth-order valence-corrected chi connectivity index (χ4v) is 4.12. The van der Waals surface area contributed by atoms with Gasteiger partial charge in [-0.15, -0.1) is 0 Å². The summed E-state index contributed by atoms with van der Waals surface area (Å²) in [6, 6.07) is 0. The summed E-state index contributed by atoms with van der Waals surface area (Å²) in [5.41, 5.74) is 1.11. The molecular weight excluding hydrogens is 323 g/mol. The van der Waals surface area contributed by atoms with E-state index in [0.717, 1.165) is 38.8 Å². The van der Waals surface area contributed by atoms with E-state index in [0.29, 0.717) is 32.9 Å². The maximum absolute atomic E-state index is 14.9. The fraction of sp³-hybridized carbons (Fsp3) is 0.556. The van der Waals surface area contributed by atoms with Crippen LogP contribution in [0.15, 0.2) is 15.8 Å². The second kappa shape index (κ2) is 5.61. The van der Waals surface area contributed by atoms with Crippen molar-refractivity contribution in [2.45, 2.75) is 45.4 Å². The number of halogens is 1. The summed E-state index contributed by atoms with van der Waals surface area (Å²) in [5.74, 6) is 5.87. The Morgan fingerprint density at radius 1 is 1.28 bits per heavy atom. The first kappa shape index (κ1) is 16.2. The highest BCUT2D eigenvalue weighted by Gasteiger charge is 2.33. The third-order valence-electron chi connectivity index (χ3n) is 5.70. The number of nitrogen functional groups attached to an aromatic ring is 1. The quantitative estimate of drug-likeness (QED) is 0.859. The average molecular weight is 346 g/mol. The number of nitrogens with zero attached hydrogens (tertiary/aromatic N) is 3. The molecule has 0 aromatic carbocycles. The van der Waals surface area contributed by atoms with Gasteiger partial charge in [-0.05, 0) is 38.0 Å². The van der Waals surface area contributed by atoms with Crippen molar-refractivity contribution in [3.63, 3.8) is 0 Å². The van der Waals surface area contributed by atoms with Gasteiger partial charge in [0.15, 0.2) is 5.82 Å². The molecule has 2 aromatic heterocycles. The van der Waals surface area contributed by atoms with Crippen molar-refractivity contribution < 1.29 is 4.39 Å². The lowest BCUT2D eigenvalue weighted by molar-refractivity contribution is 0.566. The number of hydrogen-bond donors (Lipinski definition) is 1. The van der Waals surface area contributed by atoms with E-state index in [4.69, 9.17) is 5.84 Å². The number of anilines is 1. The van der Waals surface area contributed by atoms with E-state index < -0.39 is 17.1 Å². The molecule has 2 N–H and O–H groups in total. The molecule has 0 spiro atoms. The predicted octanol–water partition coefficient (Wildman–Crippen LogP) is 1.74. The first-order valence-electron chi connectivity index (χ1n) is 8.94. The van der Waals surface area contributed by atoms with Crippen LogP contribution in [0.5, 0.6) is 0 Å². The number of nitrogens with two attached hydrogens (primary N) is 1. The van der Waals surface area contributed by atoms with Crippen LogP contribution in [0.3, 0.4) is 0 Å². The van der Waals surface area contributed by atoms with Gasteiger partial charge in [0.1, 0.15) is 0 Å². The third kappa shape index (κ3) is 2.36. The molecule has 2 aliphatic rings. The summed E-state index contributed by atoms with van der Waals surface area (Å²) in [7, 11) is 0. The highest BCUT2D eigenvalue weighted by Crippen LogP contribution is 2.42. The molecule has 1 saturated carbocycles. The molecule has 2 aromatic rings. The van der Waals surface area contributed by atoms with Gasteiger partial charge in [-0.2, -0.15) is 4.68 Å². The van der Waals surface area contributed by atoms with E-state index in [1.165, 1.54) is 10.6 Å². The third-order valence-corrected chi connectivity index (χ3v) is 5.70. The Morgan fingerprint density at radius 2 is 2.00 bits per heavy atom. The van der Waals surface area contributed by atoms with Crippen LogP contribution in [-0.2, 0) is 0 Å². The van der Waals surface area contributed by atoms with Crippen LogP contribution < -0.4 is 22.0 Å². The summed E-state index contributed by atoms with van der Waals surface area (Å²) in [6.07, 6.45) is 5.09. The van der Waals surface area contributed by atoms with Crippen molar-refractivity contribution in [1.82, 2.24) is 9.08 Å². The molecule has 1 aliphatic carbocycles. The van der Waals surface area contributed by atoms with E-state index in [1.807, 2.05) is 4.90 Å². The first-order chi connectivity index (χ1) is 11.9. The van der Waals surface area contributed by atoms with Crippen molar-refractivity contribution in [3.8, 4) is 0 Å². The van der Waals surface area contributed by atoms with E-state index in [1.54, 1.807) is 6.92 Å². The minimum Gasteiger partial charge on any atom is -0.369 e. The van der Waals surface area contributed by atoms with E-state index in [9.17, 15) is 14.0 Å². The number of pyridine rings is 1. The van der Waals surface area contributed by atoms with Crippen LogP contribution in [0.1, 0.15) is 49.7 Å². The van der Waals surface area contributed by atoms with Crippen LogP contribution in [-0.4, -0.2) is 22.2 Å². The molecule has 0 unspecified atom stereocenters. The van der Waals surface area contributed by atoms with Crippen molar-refractivity contribution in [3.05, 3.63) is 44.0 Å². The molecule has 1 atom stereocenters. The van der Waals surface area contributed by atoms with E-state index in [2.05, 4.69) is 6.92 Å². The molecule has 7 heteroatoms. The second-order valence-corrected chi connectivity index (χ2v) is 7.32. The van der Waals surface area contributed by atoms with Crippen LogP contribution in [0.4, 0.5) is 10.1 Å². The zero-order chi connectivity index (χ0) is 17.9. The SMILES string of the molecule is CC[C@@H]1CCN(c2c(F)cn3c(=O)n(N)c(=O)c(C4CC4)c3c2C)C1. The van der Waals surface area contributed by atoms with Crippen LogP contribution in [0.25, 0.3) is 5.52 Å². The highest BCUT2D eigenvalue weighted by atomic mass is 19.1. The van der Waals surface area contributed by atoms with Gasteiger partial charge in [0.05, 0.1) is 17.4 Å². The monoisotopic (exact) mass is 346 g/mol. The maximum Gasteiger partial charge on any atom is 0.354 e. The summed E-state index contributed by atoms with van der Waals surface area (Å²) >= 11 is 0. The number of fused-ring (bicyclic) bond motifs is 1. The van der Waals surface area contributed by atoms with E-state index in [-0.39, 0.29) is 5.92 Å². The lowest BCUT2D eigenvalue weighted by atomic mass is 10.1. The van der Waals surface area contributed by atoms with Crippen molar-refractivity contribution in [2.75, 3.05) is 23.8 Å². The smallest absolute Gasteiger partial charge is 0.354 e. The Labute approximate surface area is 144 Å². The normalized spacial score (nSPS) is 20.6. The summed E-state index contributed by atoms with van der Waals surface area (Å²) < 4.78 is 16.7. The Balaban J connectivity index is 2.01. The van der Waals surface area contributed by atoms with E-state index >= 15 is 0 Å². The Kier molecular flexibility index (Phi) is 3.63. The molecule has 2 fully saturated rings. The van der Waals surface area contributed by atoms with Gasteiger partial charge in [0.25, 0.3) is 5.56 Å². The van der Waals surface area contributed by atoms with Gasteiger partial charge in [-0.3, -0.25) is 9.20 Å². The maximum atomic E-state index is 14.9. The van der Waals surface area contributed by atoms with Crippen molar-refractivity contribution >= 4 is 11.2 Å². The second-order valence-electron chi connectivity index (χ2n) is 7.32. The van der Waals surface area contributed by atoms with Crippen LogP contribution in [0.2, 0.25) is 0 Å². The molecule has 134 valence electrons. The van der Waals surface area contributed by atoms with Crippen LogP contribution >= 0.6 is 0 Å². The Hall–Kier alpha value is -2.31. The number of hydrogen-bond acceptors (Lipinski definition) is 4. The molecule has 1 aliphatic heterocycles. The number of aromatic nitrogens is 2. The van der Waals surface area contributed by atoms with Crippen molar-refractivity contribution in [2.24, 2.45) is 5.92 Å². The Bertz CT molecular complexity index is 974. The zero-order valence-electron chi connectivity index (χ0n) is 14.6. The van der Waals surface area contributed by atoms with Gasteiger partial charge < -0.3 is 10.7 Å². The first-order valence-corrected chi connectivity index (χ1v) is 8.94. The standard InChI is InChI=1S/C18H23FN4O2/c1-3-11-6-7-21(8-11)15-10(2)16-14(12-4-5-12)17(24)23(20)18(25)22(16)9-13(15)19/h9,11-12H,3-8,20H2,1-2H3/t11-/m1/s1. The van der Waals surface area contributed by atoms with Gasteiger partial charge in [0, 0.05) is 24.2 Å². The molecule has 4 rings (SSSR count). The lowest BCUT2D eigenvalue weighted by Crippen LogP contribution is -2.44. The minimum atomic E-state index is -0.703. The zero-order valence-corrected chi connectivity index (χ0v) is 14.6. The van der Waals surface area contributed by atoms with Crippen LogP contribution in [0, 0.1) is 18.7 Å². The molecule has 25 heavy (non-hydrogen) atoms. The molecule has 0 bridgehead atoms. The van der Waals surface area contributed by atoms with Gasteiger partial charge in [-0.1, -0.05) is 13.3 Å². The molecule has 0 radical (unpaired) electrons. The molecule has 6 nitrogen and oxygen atoms in total. The number of aryl methyl sites for hydroxylation is 1. The molecule has 1 saturated heterocycles. The van der Waals surface area contributed by atoms with Gasteiger partial charge in [-0.25, -0.2) is 9.18 Å². The fourth-order valence-electron chi connectivity index (χ4n) is 4.12. The highest BCUT2D eigenvalue weighted by molar-refractivity contribution is 5.72. The predicted molar refractivity (Wildman–Crippen MR) is 95.4 cm³/mol. The summed E-state index contributed by atoms with van der Waals surface area (Å²) in [6.45, 7) is 5.55. The molecule has 3 heterocycles. The largest absolute Gasteiger partial charge is 0.369 e. The Morgan fingerprint density at radius 3 is 2.60 bits per heavy atom. The van der Waals surface area contributed by atoms with Gasteiger partial charge >= 0.3 is 5.69 Å². The van der Waals surface area contributed by atoms with Crippen molar-refractivity contribution in [1.29, 1.82) is 0 Å². The summed E-state index contributed by atoms with van der Waals surface area (Å²) in [4.78, 5) is 27.0. The summed E-state index contributed by atoms with van der Waals surface area (Å²) in [5, 5.41) is 0. The van der Waals surface area contributed by atoms with Gasteiger partial charge in [0.2, 0.25) is 0 Å². The number of rotatable bonds is 3. The lowest BCUT2D eigenvalue weighted by Gasteiger charge is -2.24.